The van der Waals surface area contributed by atoms with Crippen molar-refractivity contribution in [2.24, 2.45) is 0 Å². The number of amides is 1. The number of carbonyl (C=O) groups excluding carboxylic acids is 1. The highest BCUT2D eigenvalue weighted by Crippen LogP contribution is 2.32. The van der Waals surface area contributed by atoms with Crippen molar-refractivity contribution in [2.75, 3.05) is 37.5 Å². The third kappa shape index (κ3) is 5.38. The Morgan fingerprint density at radius 3 is 2.60 bits per heavy atom. The lowest BCUT2D eigenvalue weighted by Gasteiger charge is -2.30. The average molecular weight is 502 g/mol. The van der Waals surface area contributed by atoms with Crippen molar-refractivity contribution in [3.63, 3.8) is 0 Å². The van der Waals surface area contributed by atoms with Gasteiger partial charge in [-0.2, -0.15) is 4.98 Å². The van der Waals surface area contributed by atoms with Gasteiger partial charge in [0, 0.05) is 37.7 Å². The largest absolute Gasteiger partial charge is 0.474 e. The highest BCUT2D eigenvalue weighted by Gasteiger charge is 2.27. The lowest BCUT2D eigenvalue weighted by Crippen LogP contribution is -2.40. The van der Waals surface area contributed by atoms with Crippen molar-refractivity contribution in [3.8, 4) is 5.88 Å². The number of nitrogens with one attached hydrogen (secondary N) is 1. The first kappa shape index (κ1) is 23.5. The maximum Gasteiger partial charge on any atom is 0.307 e. The molecule has 0 unspecified atom stereocenters. The number of carbonyl (C=O) groups is 1. The predicted octanol–water partition coefficient (Wildman–Crippen LogP) is 1.98. The van der Waals surface area contributed by atoms with Crippen molar-refractivity contribution >= 4 is 32.5 Å². The van der Waals surface area contributed by atoms with Crippen LogP contribution in [0.25, 0.3) is 10.9 Å². The zero-order valence-electron chi connectivity index (χ0n) is 19.3. The molecule has 1 aliphatic heterocycles. The number of ether oxygens (including phenoxy) is 2. The smallest absolute Gasteiger partial charge is 0.307 e. The molecule has 1 saturated carbocycles. The van der Waals surface area contributed by atoms with Crippen LogP contribution in [0.4, 0.5) is 5.82 Å². The summed E-state index contributed by atoms with van der Waals surface area (Å²) in [6, 6.07) is 3.43. The van der Waals surface area contributed by atoms with E-state index in [2.05, 4.69) is 20.2 Å². The van der Waals surface area contributed by atoms with Crippen LogP contribution in [0.3, 0.4) is 0 Å². The number of hydrogen-bond donors (Lipinski definition) is 1. The van der Waals surface area contributed by atoms with Crippen molar-refractivity contribution < 1.29 is 27.1 Å². The summed E-state index contributed by atoms with van der Waals surface area (Å²) in [4.78, 5) is 27.5. The number of pyridine rings is 2. The Labute approximate surface area is 202 Å². The Morgan fingerprint density at radius 2 is 1.91 bits per heavy atom. The van der Waals surface area contributed by atoms with E-state index in [1.165, 1.54) is 18.7 Å². The highest BCUT2D eigenvalue weighted by molar-refractivity contribution is 7.90. The van der Waals surface area contributed by atoms with E-state index >= 15 is 0 Å². The summed E-state index contributed by atoms with van der Waals surface area (Å²) in [5.74, 6) is 0.814. The van der Waals surface area contributed by atoms with Gasteiger partial charge >= 0.3 is 5.91 Å². The number of rotatable bonds is 6. The number of nitrogens with zero attached hydrogens (tertiary/aromatic N) is 4. The van der Waals surface area contributed by atoms with Crippen LogP contribution in [-0.2, 0) is 14.6 Å². The number of morpholine rings is 1. The molecular formula is C23H27N5O6S. The molecule has 0 aromatic carbocycles. The molecule has 186 valence electrons. The van der Waals surface area contributed by atoms with Crippen LogP contribution in [0.2, 0.25) is 0 Å². The van der Waals surface area contributed by atoms with E-state index in [9.17, 15) is 13.2 Å². The molecule has 0 atom stereocenters. The monoisotopic (exact) mass is 501 g/mol. The van der Waals surface area contributed by atoms with Gasteiger partial charge in [0.1, 0.15) is 18.2 Å². The molecule has 1 aliphatic carbocycles. The van der Waals surface area contributed by atoms with E-state index in [1.54, 1.807) is 6.07 Å². The van der Waals surface area contributed by atoms with Gasteiger partial charge in [-0.05, 0) is 31.7 Å². The molecule has 0 bridgehead atoms. The first-order valence-electron chi connectivity index (χ1n) is 11.6. The second-order valence-corrected chi connectivity index (χ2v) is 10.8. The van der Waals surface area contributed by atoms with Crippen LogP contribution < -0.4 is 15.0 Å². The van der Waals surface area contributed by atoms with Crippen molar-refractivity contribution in [1.82, 2.24) is 20.3 Å². The first-order chi connectivity index (χ1) is 16.9. The summed E-state index contributed by atoms with van der Waals surface area (Å²) in [5, 5.41) is 3.51. The van der Waals surface area contributed by atoms with E-state index in [0.29, 0.717) is 55.9 Å². The Bertz CT molecular complexity index is 1300. The number of hydrogen-bond acceptors (Lipinski definition) is 10. The quantitative estimate of drug-likeness (QED) is 0.534. The molecule has 2 aliphatic rings. The van der Waals surface area contributed by atoms with Crippen molar-refractivity contribution in [1.29, 1.82) is 0 Å². The number of sulfone groups is 1. The maximum absolute atomic E-state index is 12.2. The molecule has 3 aromatic heterocycles. The van der Waals surface area contributed by atoms with Gasteiger partial charge in [-0.3, -0.25) is 9.78 Å². The molecule has 35 heavy (non-hydrogen) atoms. The predicted molar refractivity (Wildman–Crippen MR) is 126 cm³/mol. The van der Waals surface area contributed by atoms with Crippen molar-refractivity contribution in [3.05, 3.63) is 36.7 Å². The second kappa shape index (κ2) is 9.78. The molecule has 2 fully saturated rings. The summed E-state index contributed by atoms with van der Waals surface area (Å²) in [7, 11) is -3.44. The van der Waals surface area contributed by atoms with Crippen LogP contribution >= 0.6 is 0 Å². The van der Waals surface area contributed by atoms with E-state index in [-0.39, 0.29) is 28.8 Å². The SMILES string of the molecule is CS(=O)(=O)c1cnc2cc(N3CCOCC3)nc(OC3CCC(NC(=O)c4ncco4)CC3)c2c1. The number of anilines is 1. The van der Waals surface area contributed by atoms with E-state index < -0.39 is 9.84 Å². The van der Waals surface area contributed by atoms with Crippen LogP contribution in [0, 0.1) is 0 Å². The van der Waals surface area contributed by atoms with Gasteiger partial charge in [0.15, 0.2) is 9.84 Å². The fraction of sp³-hybridized carbons (Fsp3) is 0.478. The Morgan fingerprint density at radius 1 is 1.14 bits per heavy atom. The molecule has 1 amide bonds. The maximum atomic E-state index is 12.2. The zero-order chi connectivity index (χ0) is 24.4. The van der Waals surface area contributed by atoms with Crippen LogP contribution in [0.5, 0.6) is 5.88 Å². The number of oxazole rings is 1. The molecule has 5 rings (SSSR count). The summed E-state index contributed by atoms with van der Waals surface area (Å²) in [6.45, 7) is 2.63. The van der Waals surface area contributed by atoms with Gasteiger partial charge in [-0.15, -0.1) is 0 Å². The third-order valence-corrected chi connectivity index (χ3v) is 7.36. The van der Waals surface area contributed by atoms with Crippen LogP contribution in [-0.4, -0.2) is 74.0 Å². The average Bonchev–Trinajstić information content (AvgIpc) is 3.40. The van der Waals surface area contributed by atoms with Gasteiger partial charge in [0.05, 0.1) is 35.2 Å². The fourth-order valence-corrected chi connectivity index (χ4v) is 4.95. The van der Waals surface area contributed by atoms with Crippen LogP contribution in [0.1, 0.15) is 36.4 Å². The second-order valence-electron chi connectivity index (χ2n) is 8.80. The lowest BCUT2D eigenvalue weighted by atomic mass is 9.93. The normalized spacial score (nSPS) is 21.1. The van der Waals surface area contributed by atoms with E-state index in [0.717, 1.165) is 24.9 Å². The molecule has 3 aromatic rings. The minimum Gasteiger partial charge on any atom is -0.474 e. The standard InChI is InChI=1S/C23H27N5O6S/c1-35(30,31)17-12-18-19(25-14-17)13-20(28-7-10-32-11-8-28)27-22(18)34-16-4-2-15(3-5-16)26-21(29)23-24-6-9-33-23/h6,9,12-16H,2-5,7-8,10-11H2,1H3,(H,26,29). The van der Waals surface area contributed by atoms with E-state index in [1.807, 2.05) is 6.07 Å². The molecular weight excluding hydrogens is 474 g/mol. The zero-order valence-corrected chi connectivity index (χ0v) is 20.2. The van der Waals surface area contributed by atoms with E-state index in [4.69, 9.17) is 18.9 Å². The summed E-state index contributed by atoms with van der Waals surface area (Å²) < 4.78 is 41.1. The molecule has 12 heteroatoms. The number of aromatic nitrogens is 3. The molecule has 1 saturated heterocycles. The Balaban J connectivity index is 1.35. The Kier molecular flexibility index (Phi) is 6.56. The van der Waals surface area contributed by atoms with Crippen LogP contribution in [0.15, 0.2) is 40.1 Å². The van der Waals surface area contributed by atoms with Crippen molar-refractivity contribution in [2.45, 2.75) is 42.7 Å². The minimum atomic E-state index is -3.44. The fourth-order valence-electron chi connectivity index (χ4n) is 4.37. The minimum absolute atomic E-state index is 0.00265. The van der Waals surface area contributed by atoms with Gasteiger partial charge in [-0.25, -0.2) is 13.4 Å². The Hall–Kier alpha value is -3.25. The first-order valence-corrected chi connectivity index (χ1v) is 13.5. The number of fused-ring (bicyclic) bond motifs is 1. The molecule has 1 N–H and O–H groups in total. The lowest BCUT2D eigenvalue weighted by molar-refractivity contribution is 0.0858. The highest BCUT2D eigenvalue weighted by atomic mass is 32.2. The summed E-state index contributed by atoms with van der Waals surface area (Å²) in [6.07, 6.45) is 8.07. The topological polar surface area (TPSA) is 137 Å². The molecule has 0 spiro atoms. The van der Waals surface area contributed by atoms with Gasteiger partial charge in [-0.1, -0.05) is 0 Å². The summed E-state index contributed by atoms with van der Waals surface area (Å²) in [5.41, 5.74) is 0.621. The van der Waals surface area contributed by atoms with Gasteiger partial charge in [0.25, 0.3) is 5.89 Å². The van der Waals surface area contributed by atoms with Gasteiger partial charge < -0.3 is 24.1 Å². The molecule has 11 nitrogen and oxygen atoms in total. The summed E-state index contributed by atoms with van der Waals surface area (Å²) >= 11 is 0. The third-order valence-electron chi connectivity index (χ3n) is 6.28. The molecule has 4 heterocycles. The molecule has 0 radical (unpaired) electrons. The van der Waals surface area contributed by atoms with Gasteiger partial charge in [0.2, 0.25) is 5.88 Å².